The smallest absolute Gasteiger partial charge is 0.321 e. The summed E-state index contributed by atoms with van der Waals surface area (Å²) >= 11 is 1.29. The van der Waals surface area contributed by atoms with E-state index in [0.717, 1.165) is 5.01 Å². The average Bonchev–Trinajstić information content (AvgIpc) is 2.48. The maximum atomic E-state index is 11.1. The fraction of sp³-hybridized carbons (Fsp3) is 0.571. The first-order chi connectivity index (χ1) is 6.58. The Morgan fingerprint density at radius 1 is 1.64 bits per heavy atom. The molecule has 78 valence electrons. The van der Waals surface area contributed by atoms with Crippen LogP contribution in [0.15, 0.2) is 0 Å². The molecule has 0 aromatic carbocycles. The molecule has 2 amide bonds. The molecule has 1 atom stereocenters. The number of hydrogen-bond donors (Lipinski definition) is 3. The van der Waals surface area contributed by atoms with Crippen molar-refractivity contribution in [3.8, 4) is 0 Å². The van der Waals surface area contributed by atoms with Gasteiger partial charge in [-0.05, 0) is 13.8 Å². The molecule has 0 saturated carbocycles. The average molecular weight is 216 g/mol. The van der Waals surface area contributed by atoms with E-state index in [1.54, 1.807) is 13.8 Å². The molecule has 0 aliphatic rings. The number of hydrogen-bond acceptors (Lipinski definition) is 5. The third-order valence-corrected chi connectivity index (χ3v) is 2.06. The van der Waals surface area contributed by atoms with Gasteiger partial charge in [-0.15, -0.1) is 10.2 Å². The summed E-state index contributed by atoms with van der Waals surface area (Å²) in [5.41, 5.74) is 0. The first kappa shape index (κ1) is 10.9. The van der Waals surface area contributed by atoms with E-state index in [9.17, 15) is 4.79 Å². The first-order valence-corrected chi connectivity index (χ1v) is 4.92. The van der Waals surface area contributed by atoms with E-state index in [4.69, 9.17) is 5.11 Å². The summed E-state index contributed by atoms with van der Waals surface area (Å²) in [6.07, 6.45) is -0.558. The summed E-state index contributed by atoms with van der Waals surface area (Å²) in [5, 5.41) is 22.6. The van der Waals surface area contributed by atoms with Crippen LogP contribution < -0.4 is 10.6 Å². The third-order valence-electron chi connectivity index (χ3n) is 1.30. The fourth-order valence-corrected chi connectivity index (χ4v) is 1.32. The minimum atomic E-state index is -0.558. The highest BCUT2D eigenvalue weighted by Gasteiger charge is 2.05. The van der Waals surface area contributed by atoms with E-state index >= 15 is 0 Å². The summed E-state index contributed by atoms with van der Waals surface area (Å²) in [7, 11) is 0. The van der Waals surface area contributed by atoms with Crippen molar-refractivity contribution in [3.63, 3.8) is 0 Å². The second-order valence-electron chi connectivity index (χ2n) is 2.81. The highest BCUT2D eigenvalue weighted by atomic mass is 32.1. The van der Waals surface area contributed by atoms with Crippen molar-refractivity contribution in [2.45, 2.75) is 20.0 Å². The Morgan fingerprint density at radius 2 is 2.36 bits per heavy atom. The first-order valence-electron chi connectivity index (χ1n) is 4.11. The molecule has 0 aliphatic carbocycles. The predicted molar refractivity (Wildman–Crippen MR) is 53.3 cm³/mol. The molecule has 0 bridgehead atoms. The van der Waals surface area contributed by atoms with E-state index in [0.29, 0.717) is 5.13 Å². The number of urea groups is 1. The lowest BCUT2D eigenvalue weighted by molar-refractivity contribution is 0.190. The number of aliphatic hydroxyl groups excluding tert-OH is 1. The molecule has 7 heteroatoms. The molecule has 3 N–H and O–H groups in total. The number of nitrogens with zero attached hydrogens (tertiary/aromatic N) is 2. The highest BCUT2D eigenvalue weighted by Crippen LogP contribution is 2.12. The van der Waals surface area contributed by atoms with E-state index in [1.807, 2.05) is 0 Å². The lowest BCUT2D eigenvalue weighted by atomic mass is 10.4. The summed E-state index contributed by atoms with van der Waals surface area (Å²) in [6, 6.07) is -0.387. The van der Waals surface area contributed by atoms with Crippen molar-refractivity contribution in [3.05, 3.63) is 5.01 Å². The van der Waals surface area contributed by atoms with Crippen LogP contribution in [-0.4, -0.2) is 34.0 Å². The summed E-state index contributed by atoms with van der Waals surface area (Å²) in [4.78, 5) is 11.1. The van der Waals surface area contributed by atoms with Crippen molar-refractivity contribution in [1.82, 2.24) is 15.5 Å². The molecular weight excluding hydrogens is 204 g/mol. The molecular formula is C7H12N4O2S. The Kier molecular flexibility index (Phi) is 3.78. The van der Waals surface area contributed by atoms with Crippen LogP contribution in [0, 0.1) is 6.92 Å². The Hall–Kier alpha value is -1.21. The fourth-order valence-electron chi connectivity index (χ4n) is 0.729. The van der Waals surface area contributed by atoms with E-state index in [1.165, 1.54) is 11.3 Å². The second-order valence-corrected chi connectivity index (χ2v) is 3.99. The molecule has 0 aliphatic heterocycles. The number of rotatable bonds is 3. The van der Waals surface area contributed by atoms with Gasteiger partial charge in [-0.3, -0.25) is 5.32 Å². The zero-order chi connectivity index (χ0) is 10.6. The minimum absolute atomic E-state index is 0.212. The van der Waals surface area contributed by atoms with Crippen molar-refractivity contribution in [2.75, 3.05) is 11.9 Å². The van der Waals surface area contributed by atoms with Crippen LogP contribution >= 0.6 is 11.3 Å². The number of nitrogens with one attached hydrogen (secondary N) is 2. The summed E-state index contributed by atoms with van der Waals surface area (Å²) in [5.74, 6) is 0. The van der Waals surface area contributed by atoms with Gasteiger partial charge < -0.3 is 10.4 Å². The largest absolute Gasteiger partial charge is 0.392 e. The zero-order valence-corrected chi connectivity index (χ0v) is 8.76. The molecule has 0 fully saturated rings. The number of carbonyl (C=O) groups excluding carboxylic acids is 1. The molecule has 1 heterocycles. The topological polar surface area (TPSA) is 87.1 Å². The molecule has 1 rings (SSSR count). The number of aromatic nitrogens is 2. The monoisotopic (exact) mass is 216 g/mol. The molecule has 0 unspecified atom stereocenters. The van der Waals surface area contributed by atoms with Crippen molar-refractivity contribution in [2.24, 2.45) is 0 Å². The maximum Gasteiger partial charge on any atom is 0.321 e. The molecule has 6 nitrogen and oxygen atoms in total. The Morgan fingerprint density at radius 3 is 2.86 bits per heavy atom. The van der Waals surface area contributed by atoms with E-state index in [-0.39, 0.29) is 12.6 Å². The Balaban J connectivity index is 2.34. The van der Waals surface area contributed by atoms with Gasteiger partial charge in [0.25, 0.3) is 0 Å². The van der Waals surface area contributed by atoms with Gasteiger partial charge in [-0.1, -0.05) is 11.3 Å². The number of anilines is 1. The van der Waals surface area contributed by atoms with Gasteiger partial charge in [0.1, 0.15) is 5.01 Å². The second kappa shape index (κ2) is 4.87. The SMILES string of the molecule is Cc1nnc(NC(=O)NC[C@@H](C)O)s1. The van der Waals surface area contributed by atoms with Crippen molar-refractivity contribution < 1.29 is 9.90 Å². The molecule has 0 radical (unpaired) electrons. The van der Waals surface area contributed by atoms with E-state index in [2.05, 4.69) is 20.8 Å². The quantitative estimate of drug-likeness (QED) is 0.680. The maximum absolute atomic E-state index is 11.1. The van der Waals surface area contributed by atoms with Crippen LogP contribution in [0.25, 0.3) is 0 Å². The molecule has 0 saturated heterocycles. The predicted octanol–water partition coefficient (Wildman–Crippen LogP) is 0.349. The molecule has 0 spiro atoms. The summed E-state index contributed by atoms with van der Waals surface area (Å²) in [6.45, 7) is 3.61. The molecule has 1 aromatic rings. The van der Waals surface area contributed by atoms with Crippen LogP contribution in [0.2, 0.25) is 0 Å². The van der Waals surface area contributed by atoms with Crippen LogP contribution in [-0.2, 0) is 0 Å². The van der Waals surface area contributed by atoms with Crippen LogP contribution in [0.1, 0.15) is 11.9 Å². The van der Waals surface area contributed by atoms with Gasteiger partial charge >= 0.3 is 6.03 Å². The number of amides is 2. The van der Waals surface area contributed by atoms with Gasteiger partial charge in [-0.2, -0.15) is 0 Å². The number of aliphatic hydroxyl groups is 1. The minimum Gasteiger partial charge on any atom is -0.392 e. The van der Waals surface area contributed by atoms with Gasteiger partial charge in [0.2, 0.25) is 5.13 Å². The normalized spacial score (nSPS) is 12.2. The Labute approximate surface area is 85.4 Å². The van der Waals surface area contributed by atoms with Crippen LogP contribution in [0.3, 0.4) is 0 Å². The van der Waals surface area contributed by atoms with Crippen LogP contribution in [0.4, 0.5) is 9.93 Å². The van der Waals surface area contributed by atoms with E-state index < -0.39 is 6.10 Å². The zero-order valence-electron chi connectivity index (χ0n) is 7.94. The van der Waals surface area contributed by atoms with Crippen LogP contribution in [0.5, 0.6) is 0 Å². The summed E-state index contributed by atoms with van der Waals surface area (Å²) < 4.78 is 0. The number of carbonyl (C=O) groups is 1. The van der Waals surface area contributed by atoms with Gasteiger partial charge in [-0.25, -0.2) is 4.79 Å². The van der Waals surface area contributed by atoms with Gasteiger partial charge in [0, 0.05) is 6.54 Å². The molecule has 1 aromatic heterocycles. The lowest BCUT2D eigenvalue weighted by Gasteiger charge is -2.06. The van der Waals surface area contributed by atoms with Gasteiger partial charge in [0.15, 0.2) is 0 Å². The third kappa shape index (κ3) is 3.67. The van der Waals surface area contributed by atoms with Crippen molar-refractivity contribution >= 4 is 22.5 Å². The standard InChI is InChI=1S/C7H12N4O2S/c1-4(12)3-8-6(13)9-7-11-10-5(2)14-7/h4,12H,3H2,1-2H3,(H2,8,9,11,13)/t4-/m1/s1. The Bertz CT molecular complexity index is 312. The number of aryl methyl sites for hydroxylation is 1. The lowest BCUT2D eigenvalue weighted by Crippen LogP contribution is -2.34. The van der Waals surface area contributed by atoms with Gasteiger partial charge in [0.05, 0.1) is 6.10 Å². The molecule has 14 heavy (non-hydrogen) atoms. The highest BCUT2D eigenvalue weighted by molar-refractivity contribution is 7.15. The van der Waals surface area contributed by atoms with Crippen molar-refractivity contribution in [1.29, 1.82) is 0 Å².